The van der Waals surface area contributed by atoms with Gasteiger partial charge >= 0.3 is 5.97 Å². The summed E-state index contributed by atoms with van der Waals surface area (Å²) in [5.41, 5.74) is 10.8. The highest BCUT2D eigenvalue weighted by molar-refractivity contribution is 6.31. The number of hydrogen-bond donors (Lipinski definition) is 1. The molecule has 6 nitrogen and oxygen atoms in total. The largest absolute Gasteiger partial charge is 0.478 e. The fourth-order valence-electron chi connectivity index (χ4n) is 2.27. The van der Waals surface area contributed by atoms with Crippen LogP contribution in [0.3, 0.4) is 0 Å². The number of pyridine rings is 1. The molecular weight excluding hydrogens is 316 g/mol. The predicted octanol–water partition coefficient (Wildman–Crippen LogP) is 5.20. The Balaban J connectivity index is 2.20. The van der Waals surface area contributed by atoms with E-state index in [2.05, 4.69) is 15.0 Å². The maximum atomic E-state index is 11.5. The van der Waals surface area contributed by atoms with Gasteiger partial charge in [0, 0.05) is 26.6 Å². The minimum atomic E-state index is -1.05. The molecular formula is C16H9ClN4O2. The number of halogens is 1. The van der Waals surface area contributed by atoms with Gasteiger partial charge in [0.15, 0.2) is 0 Å². The fourth-order valence-corrected chi connectivity index (χ4v) is 2.45. The van der Waals surface area contributed by atoms with Crippen molar-refractivity contribution in [2.75, 3.05) is 0 Å². The third-order valence-corrected chi connectivity index (χ3v) is 3.56. The number of benzene rings is 2. The van der Waals surface area contributed by atoms with Gasteiger partial charge in [-0.15, -0.1) is 0 Å². The van der Waals surface area contributed by atoms with E-state index in [1.165, 1.54) is 6.07 Å². The number of carbonyl (C=O) groups is 1. The van der Waals surface area contributed by atoms with Crippen molar-refractivity contribution < 1.29 is 9.90 Å². The summed E-state index contributed by atoms with van der Waals surface area (Å²) in [5.74, 6) is -1.05. The van der Waals surface area contributed by atoms with E-state index in [9.17, 15) is 9.90 Å². The van der Waals surface area contributed by atoms with Crippen LogP contribution in [0.2, 0.25) is 5.02 Å². The standard InChI is InChI=1S/C16H9ClN4O2/c17-10-3-6-14-12(7-10)13(16(22)23)8-15(19-14)9-1-4-11(5-2-9)20-21-18/h1-8H,(H,22,23). The fraction of sp³-hybridized carbons (Fsp3) is 0. The van der Waals surface area contributed by atoms with E-state index in [0.29, 0.717) is 27.3 Å². The van der Waals surface area contributed by atoms with Crippen molar-refractivity contribution in [2.45, 2.75) is 0 Å². The summed E-state index contributed by atoms with van der Waals surface area (Å²) in [5, 5.41) is 13.9. The summed E-state index contributed by atoms with van der Waals surface area (Å²) in [4.78, 5) is 18.7. The lowest BCUT2D eigenvalue weighted by Crippen LogP contribution is -2.00. The Morgan fingerprint density at radius 3 is 2.57 bits per heavy atom. The molecule has 0 aliphatic rings. The van der Waals surface area contributed by atoms with E-state index in [1.54, 1.807) is 42.5 Å². The van der Waals surface area contributed by atoms with Crippen molar-refractivity contribution in [3.05, 3.63) is 69.6 Å². The van der Waals surface area contributed by atoms with E-state index in [1.807, 2.05) is 0 Å². The van der Waals surface area contributed by atoms with E-state index < -0.39 is 5.97 Å². The normalized spacial score (nSPS) is 10.3. The molecule has 23 heavy (non-hydrogen) atoms. The smallest absolute Gasteiger partial charge is 0.336 e. The molecule has 0 saturated heterocycles. The van der Waals surface area contributed by atoms with Crippen LogP contribution in [0.1, 0.15) is 10.4 Å². The number of rotatable bonds is 3. The number of nitrogens with zero attached hydrogens (tertiary/aromatic N) is 4. The second kappa shape index (κ2) is 5.96. The molecule has 1 heterocycles. The highest BCUT2D eigenvalue weighted by atomic mass is 35.5. The van der Waals surface area contributed by atoms with Crippen LogP contribution in [0, 0.1) is 0 Å². The minimum absolute atomic E-state index is 0.131. The molecule has 112 valence electrons. The molecule has 0 spiro atoms. The molecule has 0 unspecified atom stereocenters. The molecule has 2 aromatic carbocycles. The Hall–Kier alpha value is -3.08. The van der Waals surface area contributed by atoms with E-state index in [-0.39, 0.29) is 5.56 Å². The average Bonchev–Trinajstić information content (AvgIpc) is 2.55. The van der Waals surface area contributed by atoms with Crippen LogP contribution in [0.25, 0.3) is 32.6 Å². The first-order chi connectivity index (χ1) is 11.1. The van der Waals surface area contributed by atoms with Crippen LogP contribution < -0.4 is 0 Å². The van der Waals surface area contributed by atoms with Gasteiger partial charge in [-0.1, -0.05) is 41.0 Å². The lowest BCUT2D eigenvalue weighted by atomic mass is 10.0. The van der Waals surface area contributed by atoms with Gasteiger partial charge in [-0.05, 0) is 29.8 Å². The van der Waals surface area contributed by atoms with Gasteiger partial charge in [0.05, 0.1) is 16.8 Å². The predicted molar refractivity (Wildman–Crippen MR) is 88.0 cm³/mol. The SMILES string of the molecule is [N-]=[N+]=Nc1ccc(-c2cc(C(=O)O)c3cc(Cl)ccc3n2)cc1. The Morgan fingerprint density at radius 1 is 1.17 bits per heavy atom. The summed E-state index contributed by atoms with van der Waals surface area (Å²) in [6.45, 7) is 0. The summed E-state index contributed by atoms with van der Waals surface area (Å²) >= 11 is 5.94. The number of azide groups is 1. The van der Waals surface area contributed by atoms with Gasteiger partial charge in [0.25, 0.3) is 0 Å². The van der Waals surface area contributed by atoms with Crippen molar-refractivity contribution in [3.63, 3.8) is 0 Å². The topological polar surface area (TPSA) is 99.0 Å². The van der Waals surface area contributed by atoms with Gasteiger partial charge in [-0.2, -0.15) is 0 Å². The summed E-state index contributed by atoms with van der Waals surface area (Å²) in [7, 11) is 0. The molecule has 0 radical (unpaired) electrons. The molecule has 0 atom stereocenters. The van der Waals surface area contributed by atoms with E-state index in [4.69, 9.17) is 17.1 Å². The first-order valence-corrected chi connectivity index (χ1v) is 6.95. The van der Waals surface area contributed by atoms with Crippen molar-refractivity contribution in [3.8, 4) is 11.3 Å². The summed E-state index contributed by atoms with van der Waals surface area (Å²) in [6, 6.07) is 13.2. The van der Waals surface area contributed by atoms with Crippen LogP contribution in [0.5, 0.6) is 0 Å². The average molecular weight is 325 g/mol. The molecule has 0 amide bonds. The lowest BCUT2D eigenvalue weighted by molar-refractivity contribution is 0.0699. The third-order valence-electron chi connectivity index (χ3n) is 3.32. The number of carboxylic acid groups (broad SMARTS) is 1. The van der Waals surface area contributed by atoms with Crippen LogP contribution in [-0.4, -0.2) is 16.1 Å². The van der Waals surface area contributed by atoms with Gasteiger partial charge in [-0.3, -0.25) is 0 Å². The van der Waals surface area contributed by atoms with Crippen molar-refractivity contribution in [1.82, 2.24) is 4.98 Å². The zero-order valence-corrected chi connectivity index (χ0v) is 12.4. The van der Waals surface area contributed by atoms with Crippen LogP contribution in [0.15, 0.2) is 53.6 Å². The highest BCUT2D eigenvalue weighted by Crippen LogP contribution is 2.28. The third kappa shape index (κ3) is 2.94. The van der Waals surface area contributed by atoms with Crippen molar-refractivity contribution in [2.24, 2.45) is 5.11 Å². The molecule has 3 aromatic rings. The summed E-state index contributed by atoms with van der Waals surface area (Å²) in [6.07, 6.45) is 0. The lowest BCUT2D eigenvalue weighted by Gasteiger charge is -2.08. The van der Waals surface area contributed by atoms with Gasteiger partial charge in [-0.25, -0.2) is 9.78 Å². The maximum absolute atomic E-state index is 11.5. The quantitative estimate of drug-likeness (QED) is 0.407. The Morgan fingerprint density at radius 2 is 1.91 bits per heavy atom. The zero-order chi connectivity index (χ0) is 16.4. The van der Waals surface area contributed by atoms with Gasteiger partial charge in [0.2, 0.25) is 0 Å². The second-order valence-corrected chi connectivity index (χ2v) is 5.19. The van der Waals surface area contributed by atoms with Crippen molar-refractivity contribution >= 4 is 34.2 Å². The molecule has 0 fully saturated rings. The second-order valence-electron chi connectivity index (χ2n) is 4.76. The number of fused-ring (bicyclic) bond motifs is 1. The number of hydrogen-bond acceptors (Lipinski definition) is 3. The zero-order valence-electron chi connectivity index (χ0n) is 11.6. The first kappa shape index (κ1) is 14.8. The molecule has 0 aliphatic heterocycles. The monoisotopic (exact) mass is 324 g/mol. The molecule has 1 N–H and O–H groups in total. The molecule has 3 rings (SSSR count). The molecule has 0 bridgehead atoms. The number of carboxylic acids is 1. The minimum Gasteiger partial charge on any atom is -0.478 e. The van der Waals surface area contributed by atoms with Gasteiger partial charge in [0.1, 0.15) is 0 Å². The Bertz CT molecular complexity index is 964. The number of aromatic nitrogens is 1. The van der Waals surface area contributed by atoms with Crippen LogP contribution in [0.4, 0.5) is 5.69 Å². The Kier molecular flexibility index (Phi) is 3.85. The summed E-state index contributed by atoms with van der Waals surface area (Å²) < 4.78 is 0. The van der Waals surface area contributed by atoms with E-state index >= 15 is 0 Å². The van der Waals surface area contributed by atoms with Crippen molar-refractivity contribution in [1.29, 1.82) is 0 Å². The van der Waals surface area contributed by atoms with Gasteiger partial charge < -0.3 is 5.11 Å². The molecule has 1 aromatic heterocycles. The first-order valence-electron chi connectivity index (χ1n) is 6.57. The van der Waals surface area contributed by atoms with E-state index in [0.717, 1.165) is 5.56 Å². The molecule has 0 aliphatic carbocycles. The number of aromatic carboxylic acids is 1. The maximum Gasteiger partial charge on any atom is 0.336 e. The van der Waals surface area contributed by atoms with Crippen LogP contribution >= 0.6 is 11.6 Å². The Labute approximate surface area is 135 Å². The molecule has 7 heteroatoms. The van der Waals surface area contributed by atoms with Crippen LogP contribution in [-0.2, 0) is 0 Å². The highest BCUT2D eigenvalue weighted by Gasteiger charge is 2.13. The molecule has 0 saturated carbocycles.